The van der Waals surface area contributed by atoms with Crippen LogP contribution in [0.25, 0.3) is 0 Å². The number of hydrogen-bond acceptors (Lipinski definition) is 4. The summed E-state index contributed by atoms with van der Waals surface area (Å²) in [4.78, 5) is 15.0. The van der Waals surface area contributed by atoms with Crippen LogP contribution in [0.2, 0.25) is 0 Å². The first-order valence-electron chi connectivity index (χ1n) is 12.6. The number of rotatable bonds is 11. The number of carbonyl (C=O) groups is 1. The number of nitrogens with two attached hydrogens (primary N) is 1. The molecule has 0 radical (unpaired) electrons. The Kier molecular flexibility index (Phi) is 9.82. The fraction of sp³-hybridized carbons (Fsp3) is 0.731. The van der Waals surface area contributed by atoms with Crippen molar-refractivity contribution in [3.63, 3.8) is 0 Å². The molecule has 6 nitrogen and oxygen atoms in total. The zero-order chi connectivity index (χ0) is 22.8. The van der Waals surface area contributed by atoms with Gasteiger partial charge >= 0.3 is 6.03 Å². The standard InChI is InChI=1S/C26H43N3O3/c1-32-17-8-7-15-26(31,22-12-3-2-4-13-22)23-14-9-16-29(20-23)25(30)28-24(19-27)18-21-10-5-6-11-21/h2-4,12-13,21,23-24,31H,5-11,14-20,27H2,1H3,(H,28,30)/t23-,24+,26-/m1/s1. The molecule has 2 aliphatic rings. The minimum absolute atomic E-state index is 0.0121. The molecule has 1 saturated heterocycles. The van der Waals surface area contributed by atoms with E-state index in [1.807, 2.05) is 35.2 Å². The molecule has 180 valence electrons. The van der Waals surface area contributed by atoms with E-state index in [1.54, 1.807) is 7.11 Å². The van der Waals surface area contributed by atoms with E-state index in [0.29, 0.717) is 32.0 Å². The number of likely N-dealkylation sites (tertiary alicyclic amines) is 1. The highest BCUT2D eigenvalue weighted by atomic mass is 16.5. The van der Waals surface area contributed by atoms with Crippen molar-refractivity contribution in [3.8, 4) is 0 Å². The fourth-order valence-corrected chi connectivity index (χ4v) is 5.63. The van der Waals surface area contributed by atoms with Gasteiger partial charge in [-0.05, 0) is 50.0 Å². The zero-order valence-electron chi connectivity index (χ0n) is 19.8. The molecule has 2 fully saturated rings. The second-order valence-corrected chi connectivity index (χ2v) is 9.79. The molecule has 0 unspecified atom stereocenters. The number of nitrogens with one attached hydrogen (secondary N) is 1. The van der Waals surface area contributed by atoms with Gasteiger partial charge in [0.25, 0.3) is 0 Å². The maximum absolute atomic E-state index is 13.1. The third-order valence-electron chi connectivity index (χ3n) is 7.52. The lowest BCUT2D eigenvalue weighted by atomic mass is 9.74. The van der Waals surface area contributed by atoms with E-state index in [1.165, 1.54) is 25.7 Å². The van der Waals surface area contributed by atoms with E-state index in [-0.39, 0.29) is 18.0 Å². The highest BCUT2D eigenvalue weighted by Gasteiger charge is 2.41. The van der Waals surface area contributed by atoms with Gasteiger partial charge in [-0.2, -0.15) is 0 Å². The van der Waals surface area contributed by atoms with Crippen LogP contribution < -0.4 is 11.1 Å². The van der Waals surface area contributed by atoms with Gasteiger partial charge in [-0.3, -0.25) is 0 Å². The quantitative estimate of drug-likeness (QED) is 0.449. The Bertz CT molecular complexity index is 680. The molecule has 0 spiro atoms. The average Bonchev–Trinajstić information content (AvgIpc) is 3.35. The van der Waals surface area contributed by atoms with Crippen molar-refractivity contribution in [2.45, 2.75) is 75.9 Å². The van der Waals surface area contributed by atoms with E-state index in [9.17, 15) is 9.90 Å². The molecule has 2 amide bonds. The summed E-state index contributed by atoms with van der Waals surface area (Å²) < 4.78 is 5.20. The first-order valence-corrected chi connectivity index (χ1v) is 12.6. The third-order valence-corrected chi connectivity index (χ3v) is 7.52. The van der Waals surface area contributed by atoms with Crippen LogP contribution >= 0.6 is 0 Å². The summed E-state index contributed by atoms with van der Waals surface area (Å²) in [5, 5.41) is 15.1. The van der Waals surface area contributed by atoms with E-state index in [2.05, 4.69) is 5.32 Å². The normalized spacial score (nSPS) is 22.5. The molecule has 32 heavy (non-hydrogen) atoms. The lowest BCUT2D eigenvalue weighted by Gasteiger charge is -2.43. The smallest absolute Gasteiger partial charge is 0.317 e. The van der Waals surface area contributed by atoms with Crippen LogP contribution in [-0.4, -0.2) is 55.4 Å². The molecule has 1 heterocycles. The molecule has 1 aromatic rings. The second kappa shape index (κ2) is 12.6. The average molecular weight is 446 g/mol. The number of benzene rings is 1. The highest BCUT2D eigenvalue weighted by Crippen LogP contribution is 2.39. The van der Waals surface area contributed by atoms with E-state index < -0.39 is 5.60 Å². The van der Waals surface area contributed by atoms with Crippen LogP contribution in [0.15, 0.2) is 30.3 Å². The molecule has 0 aromatic heterocycles. The van der Waals surface area contributed by atoms with E-state index in [0.717, 1.165) is 44.2 Å². The number of urea groups is 1. The minimum atomic E-state index is -0.939. The van der Waals surface area contributed by atoms with Crippen molar-refractivity contribution in [1.29, 1.82) is 0 Å². The molecular formula is C26H43N3O3. The molecule has 1 aliphatic heterocycles. The van der Waals surface area contributed by atoms with Crippen LogP contribution in [0.3, 0.4) is 0 Å². The Morgan fingerprint density at radius 3 is 2.66 bits per heavy atom. The number of ether oxygens (including phenoxy) is 1. The fourth-order valence-electron chi connectivity index (χ4n) is 5.63. The number of hydrogen-bond donors (Lipinski definition) is 3. The van der Waals surface area contributed by atoms with Gasteiger partial charge in [0, 0.05) is 45.3 Å². The number of unbranched alkanes of at least 4 members (excludes halogenated alkanes) is 1. The number of carbonyl (C=O) groups excluding carboxylic acids is 1. The van der Waals surface area contributed by atoms with Gasteiger partial charge in [0.15, 0.2) is 0 Å². The van der Waals surface area contributed by atoms with Crippen molar-refractivity contribution in [2.75, 3.05) is 33.4 Å². The lowest BCUT2D eigenvalue weighted by molar-refractivity contribution is -0.0563. The maximum Gasteiger partial charge on any atom is 0.317 e. The van der Waals surface area contributed by atoms with Gasteiger partial charge in [0.1, 0.15) is 0 Å². The van der Waals surface area contributed by atoms with Crippen LogP contribution in [-0.2, 0) is 10.3 Å². The second-order valence-electron chi connectivity index (χ2n) is 9.79. The lowest BCUT2D eigenvalue weighted by Crippen LogP contribution is -2.53. The predicted octanol–water partition coefficient (Wildman–Crippen LogP) is 4.02. The summed E-state index contributed by atoms with van der Waals surface area (Å²) in [6.07, 6.45) is 10.4. The Morgan fingerprint density at radius 1 is 1.22 bits per heavy atom. The van der Waals surface area contributed by atoms with Crippen molar-refractivity contribution < 1.29 is 14.6 Å². The van der Waals surface area contributed by atoms with E-state index >= 15 is 0 Å². The highest BCUT2D eigenvalue weighted by molar-refractivity contribution is 5.74. The van der Waals surface area contributed by atoms with Crippen molar-refractivity contribution in [2.24, 2.45) is 17.6 Å². The predicted molar refractivity (Wildman–Crippen MR) is 128 cm³/mol. The van der Waals surface area contributed by atoms with Crippen molar-refractivity contribution in [1.82, 2.24) is 10.2 Å². The third kappa shape index (κ3) is 6.69. The molecule has 0 bridgehead atoms. The maximum atomic E-state index is 13.1. The monoisotopic (exact) mass is 445 g/mol. The van der Waals surface area contributed by atoms with Crippen LogP contribution in [0, 0.1) is 11.8 Å². The van der Waals surface area contributed by atoms with Gasteiger partial charge in [-0.15, -0.1) is 0 Å². The Morgan fingerprint density at radius 2 is 1.97 bits per heavy atom. The molecule has 3 rings (SSSR count). The molecule has 1 aliphatic carbocycles. The summed E-state index contributed by atoms with van der Waals surface area (Å²) in [6, 6.07) is 9.98. The van der Waals surface area contributed by atoms with Gasteiger partial charge in [0.05, 0.1) is 5.60 Å². The summed E-state index contributed by atoms with van der Waals surface area (Å²) >= 11 is 0. The molecule has 6 heteroatoms. The Balaban J connectivity index is 1.64. The largest absolute Gasteiger partial charge is 0.385 e. The first kappa shape index (κ1) is 25.0. The SMILES string of the molecule is COCCCC[C@@](O)(c1ccccc1)[C@@H]1CCCN(C(=O)N[C@H](CN)CC2CCCC2)C1. The van der Waals surface area contributed by atoms with Crippen LogP contribution in [0.1, 0.15) is 69.8 Å². The summed E-state index contributed by atoms with van der Waals surface area (Å²) in [6.45, 7) is 2.48. The number of aliphatic hydroxyl groups is 1. The zero-order valence-corrected chi connectivity index (χ0v) is 19.8. The molecule has 4 N–H and O–H groups in total. The minimum Gasteiger partial charge on any atom is -0.385 e. The number of amides is 2. The summed E-state index contributed by atoms with van der Waals surface area (Å²) in [5.41, 5.74) is 6.01. The van der Waals surface area contributed by atoms with Crippen LogP contribution in [0.4, 0.5) is 4.79 Å². The number of nitrogens with zero attached hydrogens (tertiary/aromatic N) is 1. The summed E-state index contributed by atoms with van der Waals surface area (Å²) in [7, 11) is 1.71. The number of methoxy groups -OCH3 is 1. The van der Waals surface area contributed by atoms with Gasteiger partial charge in [-0.1, -0.05) is 56.0 Å². The Labute approximate surface area is 193 Å². The van der Waals surface area contributed by atoms with Crippen LogP contribution in [0.5, 0.6) is 0 Å². The van der Waals surface area contributed by atoms with Crippen molar-refractivity contribution >= 4 is 6.03 Å². The summed E-state index contributed by atoms with van der Waals surface area (Å²) in [5.74, 6) is 0.700. The van der Waals surface area contributed by atoms with Crippen molar-refractivity contribution in [3.05, 3.63) is 35.9 Å². The van der Waals surface area contributed by atoms with Gasteiger partial charge in [0.2, 0.25) is 0 Å². The van der Waals surface area contributed by atoms with Gasteiger partial charge in [-0.25, -0.2) is 4.79 Å². The van der Waals surface area contributed by atoms with E-state index in [4.69, 9.17) is 10.5 Å². The Hall–Kier alpha value is -1.63. The molecule has 1 aromatic carbocycles. The molecule has 1 saturated carbocycles. The van der Waals surface area contributed by atoms with Gasteiger partial charge < -0.3 is 25.8 Å². The number of piperidine rings is 1. The molecular weight excluding hydrogens is 402 g/mol. The first-order chi connectivity index (χ1) is 15.6. The molecule has 3 atom stereocenters. The topological polar surface area (TPSA) is 87.8 Å².